The van der Waals surface area contributed by atoms with E-state index in [4.69, 9.17) is 11.6 Å². The third-order valence-electron chi connectivity index (χ3n) is 8.39. The maximum atomic E-state index is 14.3. The van der Waals surface area contributed by atoms with E-state index in [1.165, 1.54) is 6.07 Å². The Morgan fingerprint density at radius 3 is 2.55 bits per heavy atom. The number of pyridine rings is 1. The fraction of sp³-hybridized carbons (Fsp3) is 0.467. The van der Waals surface area contributed by atoms with Crippen molar-refractivity contribution in [2.75, 3.05) is 25.0 Å². The number of aromatic hydroxyl groups is 1. The average molecular weight is 538 g/mol. The van der Waals surface area contributed by atoms with Crippen molar-refractivity contribution in [2.24, 2.45) is 11.8 Å². The maximum absolute atomic E-state index is 14.3. The molecule has 0 bridgehead atoms. The van der Waals surface area contributed by atoms with Gasteiger partial charge in [0.15, 0.2) is 17.3 Å². The van der Waals surface area contributed by atoms with Crippen LogP contribution in [0.1, 0.15) is 55.3 Å². The Morgan fingerprint density at radius 2 is 1.87 bits per heavy atom. The molecule has 2 saturated carbocycles. The third kappa shape index (κ3) is 5.24. The number of aromatic nitrogens is 1. The highest BCUT2D eigenvalue weighted by molar-refractivity contribution is 6.32. The second kappa shape index (κ2) is 10.4. The van der Waals surface area contributed by atoms with Crippen molar-refractivity contribution in [1.29, 1.82) is 0 Å². The summed E-state index contributed by atoms with van der Waals surface area (Å²) >= 11 is 6.05. The fourth-order valence-corrected chi connectivity index (χ4v) is 6.26. The first-order chi connectivity index (χ1) is 18.4. The number of β-amino-alcohol motifs (C(OH)–C–C–N with tert-alkyl or cyclic N) is 1. The van der Waals surface area contributed by atoms with Gasteiger partial charge in [-0.15, -0.1) is 0 Å². The molecular weight excluding hydrogens is 505 g/mol. The molecule has 0 spiro atoms. The van der Waals surface area contributed by atoms with Gasteiger partial charge in [-0.25, -0.2) is 4.39 Å². The summed E-state index contributed by atoms with van der Waals surface area (Å²) < 4.78 is 14.3. The summed E-state index contributed by atoms with van der Waals surface area (Å²) in [5, 5.41) is 24.1. The number of hydrogen-bond donors (Lipinski definition) is 3. The van der Waals surface area contributed by atoms with Gasteiger partial charge in [0.25, 0.3) is 0 Å². The zero-order valence-electron chi connectivity index (χ0n) is 21.3. The van der Waals surface area contributed by atoms with E-state index in [1.807, 2.05) is 18.2 Å². The lowest BCUT2D eigenvalue weighted by Gasteiger charge is -2.32. The predicted molar refractivity (Wildman–Crippen MR) is 147 cm³/mol. The Labute approximate surface area is 226 Å². The Hall–Kier alpha value is -2.74. The van der Waals surface area contributed by atoms with E-state index >= 15 is 0 Å². The van der Waals surface area contributed by atoms with E-state index in [9.17, 15) is 19.4 Å². The smallest absolute Gasteiger partial charge is 0.170 e. The van der Waals surface area contributed by atoms with Crippen LogP contribution in [-0.4, -0.2) is 57.7 Å². The van der Waals surface area contributed by atoms with Gasteiger partial charge in [-0.1, -0.05) is 17.7 Å². The minimum absolute atomic E-state index is 0.0468. The summed E-state index contributed by atoms with van der Waals surface area (Å²) in [6.07, 6.45) is 8.46. The van der Waals surface area contributed by atoms with E-state index in [0.717, 1.165) is 86.7 Å². The van der Waals surface area contributed by atoms with Crippen molar-refractivity contribution in [3.63, 3.8) is 0 Å². The monoisotopic (exact) mass is 537 g/mol. The first-order valence-electron chi connectivity index (χ1n) is 13.7. The number of anilines is 1. The number of nitrogens with one attached hydrogen (secondary N) is 1. The van der Waals surface area contributed by atoms with E-state index in [2.05, 4.69) is 15.2 Å². The lowest BCUT2D eigenvalue weighted by Crippen LogP contribution is -2.33. The Balaban J connectivity index is 1.28. The van der Waals surface area contributed by atoms with Crippen molar-refractivity contribution in [3.8, 4) is 16.9 Å². The summed E-state index contributed by atoms with van der Waals surface area (Å²) in [5.74, 6) is -0.515. The molecule has 3 aromatic rings. The Kier molecular flexibility index (Phi) is 7.01. The lowest BCUT2D eigenvalue weighted by atomic mass is 9.85. The number of aliphatic hydroxyl groups excluding tert-OH is 1. The van der Waals surface area contributed by atoms with E-state index in [0.29, 0.717) is 17.0 Å². The lowest BCUT2D eigenvalue weighted by molar-refractivity contribution is 0.0968. The molecule has 8 heteroatoms. The van der Waals surface area contributed by atoms with Crippen molar-refractivity contribution < 1.29 is 19.4 Å². The van der Waals surface area contributed by atoms with Crippen LogP contribution in [0.25, 0.3) is 22.0 Å². The second-order valence-electron chi connectivity index (χ2n) is 11.3. The van der Waals surface area contributed by atoms with Gasteiger partial charge in [0.2, 0.25) is 0 Å². The Morgan fingerprint density at radius 1 is 1.08 bits per heavy atom. The van der Waals surface area contributed by atoms with Gasteiger partial charge >= 0.3 is 0 Å². The second-order valence-corrected chi connectivity index (χ2v) is 11.7. The van der Waals surface area contributed by atoms with Gasteiger partial charge in [0.05, 0.1) is 27.9 Å². The average Bonchev–Trinajstić information content (AvgIpc) is 3.69. The zero-order chi connectivity index (χ0) is 26.4. The summed E-state index contributed by atoms with van der Waals surface area (Å²) in [6, 6.07) is 8.72. The molecule has 1 aromatic heterocycles. The molecule has 0 radical (unpaired) electrons. The molecule has 2 aromatic carbocycles. The quantitative estimate of drug-likeness (QED) is 0.319. The van der Waals surface area contributed by atoms with Crippen LogP contribution in [0.5, 0.6) is 5.75 Å². The van der Waals surface area contributed by atoms with Gasteiger partial charge in [0, 0.05) is 43.2 Å². The minimum atomic E-state index is -0.776. The SMILES string of the molecule is O=C(c1cnc2ccc(-c3cc(F)c(O)c(Cl)c3)cc2c1N[C@H]1CC[C@H](CN2CCC(O)C2)CC1)C1CC1. The molecule has 2 aliphatic carbocycles. The van der Waals surface area contributed by atoms with Crippen molar-refractivity contribution in [1.82, 2.24) is 9.88 Å². The molecule has 1 saturated heterocycles. The predicted octanol–water partition coefficient (Wildman–Crippen LogP) is 6.03. The molecule has 200 valence electrons. The van der Waals surface area contributed by atoms with Crippen LogP contribution in [0.2, 0.25) is 5.02 Å². The van der Waals surface area contributed by atoms with Crippen LogP contribution in [0.15, 0.2) is 36.5 Å². The number of hydrogen-bond acceptors (Lipinski definition) is 6. The number of benzene rings is 2. The number of phenols is 1. The number of Topliss-reactive ketones (excluding diaryl/α,β-unsaturated/α-hetero) is 1. The number of phenolic OH excluding ortho intramolecular Hbond substituents is 1. The topological polar surface area (TPSA) is 85.7 Å². The number of aliphatic hydroxyl groups is 1. The normalized spacial score (nSPS) is 24.1. The number of carbonyl (C=O) groups excluding carboxylic acids is 1. The number of likely N-dealkylation sites (tertiary alicyclic amines) is 1. The molecule has 1 aliphatic heterocycles. The number of rotatable bonds is 7. The van der Waals surface area contributed by atoms with Crippen molar-refractivity contribution in [2.45, 2.75) is 57.1 Å². The molecule has 6 nitrogen and oxygen atoms in total. The number of nitrogens with zero attached hydrogens (tertiary/aromatic N) is 2. The molecule has 0 amide bonds. The fourth-order valence-electron chi connectivity index (χ4n) is 6.05. The summed E-state index contributed by atoms with van der Waals surface area (Å²) in [7, 11) is 0. The molecule has 1 unspecified atom stereocenters. The molecule has 3 fully saturated rings. The van der Waals surface area contributed by atoms with Gasteiger partial charge in [-0.3, -0.25) is 9.78 Å². The summed E-state index contributed by atoms with van der Waals surface area (Å²) in [4.78, 5) is 20.2. The molecular formula is C30H33ClFN3O3. The van der Waals surface area contributed by atoms with E-state index < -0.39 is 11.6 Å². The van der Waals surface area contributed by atoms with Crippen LogP contribution < -0.4 is 5.32 Å². The summed E-state index contributed by atoms with van der Waals surface area (Å²) in [5.41, 5.74) is 3.47. The van der Waals surface area contributed by atoms with Crippen LogP contribution in [0.4, 0.5) is 10.1 Å². The molecule has 3 N–H and O–H groups in total. The maximum Gasteiger partial charge on any atom is 0.170 e. The van der Waals surface area contributed by atoms with Crippen LogP contribution in [0.3, 0.4) is 0 Å². The van der Waals surface area contributed by atoms with Gasteiger partial charge in [-0.05, 0) is 86.3 Å². The summed E-state index contributed by atoms with van der Waals surface area (Å²) in [6.45, 7) is 2.81. The standard InChI is InChI=1S/C30H33ClFN3O3/c31-25-12-20(13-26(32)30(25)38)19-5-8-27-23(11-19)28(24(14-33-27)29(37)18-3-4-18)34-21-6-1-17(2-7-21)15-35-10-9-22(36)16-35/h5,8,11-14,17-18,21-22,36,38H,1-4,6-7,9-10,15-16H2,(H,33,34)/t17-,21-,22?. The number of halogens is 2. The first-order valence-corrected chi connectivity index (χ1v) is 14.1. The van der Waals surface area contributed by atoms with Crippen molar-refractivity contribution in [3.05, 3.63) is 52.9 Å². The molecule has 38 heavy (non-hydrogen) atoms. The van der Waals surface area contributed by atoms with Gasteiger partial charge < -0.3 is 20.4 Å². The number of ketones is 1. The first kappa shape index (κ1) is 25.5. The third-order valence-corrected chi connectivity index (χ3v) is 8.68. The van der Waals surface area contributed by atoms with Gasteiger partial charge in [0.1, 0.15) is 0 Å². The van der Waals surface area contributed by atoms with E-state index in [1.54, 1.807) is 12.3 Å². The minimum Gasteiger partial charge on any atom is -0.504 e. The van der Waals surface area contributed by atoms with Crippen LogP contribution >= 0.6 is 11.6 Å². The number of fused-ring (bicyclic) bond motifs is 1. The highest BCUT2D eigenvalue weighted by Crippen LogP contribution is 2.40. The number of carbonyl (C=O) groups is 1. The zero-order valence-corrected chi connectivity index (χ0v) is 22.1. The van der Waals surface area contributed by atoms with Crippen LogP contribution in [0, 0.1) is 17.7 Å². The highest BCUT2D eigenvalue weighted by Gasteiger charge is 2.33. The van der Waals surface area contributed by atoms with E-state index in [-0.39, 0.29) is 28.9 Å². The molecule has 1 atom stereocenters. The highest BCUT2D eigenvalue weighted by atomic mass is 35.5. The molecule has 6 rings (SSSR count). The van der Waals surface area contributed by atoms with Gasteiger partial charge in [-0.2, -0.15) is 0 Å². The van der Waals surface area contributed by atoms with Crippen molar-refractivity contribution >= 4 is 34.0 Å². The Bertz CT molecular complexity index is 1350. The van der Waals surface area contributed by atoms with Crippen LogP contribution in [-0.2, 0) is 0 Å². The largest absolute Gasteiger partial charge is 0.504 e. The molecule has 2 heterocycles. The molecule has 3 aliphatic rings.